The molecule has 0 saturated carbocycles. The van der Waals surface area contributed by atoms with Crippen LogP contribution in [0.5, 0.6) is 11.5 Å². The second-order valence-corrected chi connectivity index (χ2v) is 8.44. The zero-order valence-electron chi connectivity index (χ0n) is 20.8. The van der Waals surface area contributed by atoms with Crippen LogP contribution in [0.1, 0.15) is 33.3 Å². The van der Waals surface area contributed by atoms with E-state index in [1.807, 2.05) is 58.0 Å². The van der Waals surface area contributed by atoms with Crippen molar-refractivity contribution in [2.45, 2.75) is 39.1 Å². The zero-order chi connectivity index (χ0) is 27.1. The predicted molar refractivity (Wildman–Crippen MR) is 142 cm³/mol. The molecule has 0 aliphatic carbocycles. The number of aromatic nitrogens is 2. The van der Waals surface area contributed by atoms with Gasteiger partial charge in [-0.15, -0.1) is 0 Å². The third-order valence-electron chi connectivity index (χ3n) is 4.39. The average Bonchev–Trinajstić information content (AvgIpc) is 2.92. The zero-order valence-corrected chi connectivity index (χ0v) is 21.6. The summed E-state index contributed by atoms with van der Waals surface area (Å²) in [6.45, 7) is 8.48. The van der Waals surface area contributed by atoms with E-state index in [0.717, 1.165) is 17.8 Å². The molecule has 0 fully saturated rings. The van der Waals surface area contributed by atoms with E-state index in [-0.39, 0.29) is 16.2 Å². The van der Waals surface area contributed by atoms with Crippen LogP contribution in [0.4, 0.5) is 0 Å². The first-order valence-corrected chi connectivity index (χ1v) is 12.9. The average molecular weight is 513 g/mol. The van der Waals surface area contributed by atoms with Gasteiger partial charge in [0.15, 0.2) is 11.5 Å². The largest absolute Gasteiger partial charge is 0.503 e. The van der Waals surface area contributed by atoms with Crippen molar-refractivity contribution >= 4 is 10.0 Å². The summed E-state index contributed by atoms with van der Waals surface area (Å²) in [5, 5.41) is 18.5. The molecule has 9 heteroatoms. The fourth-order valence-electron chi connectivity index (χ4n) is 2.79. The van der Waals surface area contributed by atoms with E-state index < -0.39 is 21.3 Å². The van der Waals surface area contributed by atoms with Crippen molar-refractivity contribution in [3.63, 3.8) is 0 Å². The van der Waals surface area contributed by atoms with Crippen molar-refractivity contribution in [1.29, 1.82) is 0 Å². The Balaban J connectivity index is 0.000000318. The molecule has 2 aromatic heterocycles. The van der Waals surface area contributed by atoms with Crippen LogP contribution in [0.25, 0.3) is 0 Å². The molecule has 2 aromatic carbocycles. The molecule has 0 unspecified atom stereocenters. The topological polar surface area (TPSA) is 119 Å². The van der Waals surface area contributed by atoms with E-state index in [1.54, 1.807) is 30.5 Å². The van der Waals surface area contributed by atoms with Gasteiger partial charge in [-0.2, -0.15) is 0 Å². The van der Waals surface area contributed by atoms with E-state index in [2.05, 4.69) is 0 Å². The van der Waals surface area contributed by atoms with Gasteiger partial charge in [0.1, 0.15) is 0 Å². The highest BCUT2D eigenvalue weighted by molar-refractivity contribution is 7.90. The molecule has 0 saturated heterocycles. The fraction of sp³-hybridized carbons (Fsp3) is 0.185. The Morgan fingerprint density at radius 1 is 0.639 bits per heavy atom. The van der Waals surface area contributed by atoms with E-state index >= 15 is 0 Å². The van der Waals surface area contributed by atoms with Crippen LogP contribution >= 0.6 is 0 Å². The normalized spacial score (nSPS) is 9.89. The van der Waals surface area contributed by atoms with Crippen molar-refractivity contribution in [2.24, 2.45) is 0 Å². The Kier molecular flexibility index (Phi) is 12.5. The van der Waals surface area contributed by atoms with Gasteiger partial charge in [0, 0.05) is 12.4 Å². The van der Waals surface area contributed by atoms with Gasteiger partial charge in [-0.3, -0.25) is 9.59 Å². The molecule has 2 N–H and O–H groups in total. The molecule has 2 heterocycles. The first-order valence-electron chi connectivity index (χ1n) is 11.4. The molecule has 0 aliphatic rings. The lowest BCUT2D eigenvalue weighted by molar-refractivity contribution is 0.459. The van der Waals surface area contributed by atoms with Crippen LogP contribution in [-0.4, -0.2) is 27.2 Å². The van der Waals surface area contributed by atoms with Gasteiger partial charge in [0.25, 0.3) is 15.6 Å². The minimum atomic E-state index is -3.95. The maximum atomic E-state index is 12.1. The van der Waals surface area contributed by atoms with Gasteiger partial charge in [-0.25, -0.2) is 12.4 Å². The van der Waals surface area contributed by atoms with Crippen LogP contribution < -0.4 is 11.1 Å². The van der Waals surface area contributed by atoms with Crippen molar-refractivity contribution in [2.75, 3.05) is 0 Å². The molecule has 4 rings (SSSR count). The van der Waals surface area contributed by atoms with Gasteiger partial charge in [-0.1, -0.05) is 76.2 Å². The van der Waals surface area contributed by atoms with Gasteiger partial charge in [-0.05, 0) is 42.0 Å². The van der Waals surface area contributed by atoms with Crippen molar-refractivity contribution in [3.05, 3.63) is 124 Å². The molecule has 0 radical (unpaired) electrons. The van der Waals surface area contributed by atoms with Crippen LogP contribution in [0.2, 0.25) is 0 Å². The Morgan fingerprint density at radius 2 is 1.11 bits per heavy atom. The second-order valence-electron chi connectivity index (χ2n) is 6.62. The molecule has 0 amide bonds. The van der Waals surface area contributed by atoms with Crippen molar-refractivity contribution in [1.82, 2.24) is 8.54 Å². The predicted octanol–water partition coefficient (Wildman–Crippen LogP) is 4.45. The van der Waals surface area contributed by atoms with Gasteiger partial charge in [0.05, 0.1) is 11.4 Å². The summed E-state index contributed by atoms with van der Waals surface area (Å²) in [4.78, 5) is 23.0. The molecule has 0 spiro atoms. The summed E-state index contributed by atoms with van der Waals surface area (Å²) in [5.74, 6) is -0.819. The number of hydrogen-bond acceptors (Lipinski definition) is 6. The Bertz CT molecular complexity index is 1410. The van der Waals surface area contributed by atoms with E-state index in [4.69, 9.17) is 0 Å². The van der Waals surface area contributed by atoms with Crippen LogP contribution in [-0.2, 0) is 16.6 Å². The van der Waals surface area contributed by atoms with Gasteiger partial charge >= 0.3 is 5.56 Å². The smallest absolute Gasteiger partial charge is 0.306 e. The standard InChI is InChI=1S/C12H11NO2.C11H9NO4S.2C2H6/c14-11-7-4-8-13(12(11)15)9-10-5-2-1-3-6-10;13-10-7-4-8-12(11(10)14)17(15,16)9-5-2-1-3-6-9;2*1-2/h1-8,14H,9H2;1-8,13H;2*1-2H3. The number of rotatable bonds is 4. The summed E-state index contributed by atoms with van der Waals surface area (Å²) in [6.07, 6.45) is 2.76. The van der Waals surface area contributed by atoms with Crippen LogP contribution in [0.3, 0.4) is 0 Å². The summed E-state index contributed by atoms with van der Waals surface area (Å²) in [7, 11) is -3.95. The minimum Gasteiger partial charge on any atom is -0.503 e. The van der Waals surface area contributed by atoms with Gasteiger partial charge < -0.3 is 14.8 Å². The summed E-state index contributed by atoms with van der Waals surface area (Å²) in [5.41, 5.74) is -0.289. The minimum absolute atomic E-state index is 0.00676. The van der Waals surface area contributed by atoms with Crippen LogP contribution in [0, 0.1) is 0 Å². The third-order valence-corrected chi connectivity index (χ3v) is 6.06. The molecule has 192 valence electrons. The number of aromatic hydroxyl groups is 2. The fourth-order valence-corrected chi connectivity index (χ4v) is 4.06. The summed E-state index contributed by atoms with van der Waals surface area (Å²) in [6, 6.07) is 22.7. The van der Waals surface area contributed by atoms with Crippen molar-refractivity contribution < 1.29 is 18.6 Å². The molecular formula is C27H32N2O6S. The maximum absolute atomic E-state index is 12.1. The molecule has 0 atom stereocenters. The monoisotopic (exact) mass is 512 g/mol. The van der Waals surface area contributed by atoms with Gasteiger partial charge in [0.2, 0.25) is 0 Å². The number of hydrogen-bond donors (Lipinski definition) is 2. The first kappa shape index (κ1) is 29.9. The lowest BCUT2D eigenvalue weighted by Gasteiger charge is -2.07. The number of pyridine rings is 2. The molecular weight excluding hydrogens is 480 g/mol. The van der Waals surface area contributed by atoms with Crippen LogP contribution in [0.15, 0.2) is 112 Å². The lowest BCUT2D eigenvalue weighted by Crippen LogP contribution is -2.26. The highest BCUT2D eigenvalue weighted by Crippen LogP contribution is 2.12. The Hall–Kier alpha value is -4.11. The first-order chi connectivity index (χ1) is 17.3. The Morgan fingerprint density at radius 3 is 1.67 bits per heavy atom. The number of nitrogens with zero attached hydrogens (tertiary/aromatic N) is 2. The molecule has 4 aromatic rings. The lowest BCUT2D eigenvalue weighted by atomic mass is 10.2. The quantitative estimate of drug-likeness (QED) is 0.417. The SMILES string of the molecule is CC.CC.O=c1c(O)cccn1Cc1ccccc1.O=c1c(O)cccn1S(=O)(=O)c1ccccc1. The maximum Gasteiger partial charge on any atom is 0.306 e. The second kappa shape index (κ2) is 15.0. The molecule has 8 nitrogen and oxygen atoms in total. The highest BCUT2D eigenvalue weighted by atomic mass is 32.2. The molecule has 0 bridgehead atoms. The van der Waals surface area contributed by atoms with E-state index in [0.29, 0.717) is 10.5 Å². The molecule has 36 heavy (non-hydrogen) atoms. The van der Waals surface area contributed by atoms with E-state index in [1.165, 1.54) is 28.8 Å². The molecule has 0 aliphatic heterocycles. The third kappa shape index (κ3) is 7.99. The summed E-state index contributed by atoms with van der Waals surface area (Å²) < 4.78 is 26.1. The van der Waals surface area contributed by atoms with E-state index in [9.17, 15) is 28.2 Å². The summed E-state index contributed by atoms with van der Waals surface area (Å²) >= 11 is 0. The number of benzene rings is 2. The highest BCUT2D eigenvalue weighted by Gasteiger charge is 2.18. The van der Waals surface area contributed by atoms with Crippen molar-refractivity contribution in [3.8, 4) is 11.5 Å². The Labute approximate surface area is 211 Å².